The number of fused-ring (bicyclic) bond motifs is 1. The third-order valence-corrected chi connectivity index (χ3v) is 7.13. The van der Waals surface area contributed by atoms with Crippen LogP contribution in [-0.2, 0) is 28.1 Å². The molecule has 1 aromatic rings. The van der Waals surface area contributed by atoms with Crippen LogP contribution in [0.1, 0.15) is 64.1 Å². The third-order valence-electron chi connectivity index (χ3n) is 5.50. The average Bonchev–Trinajstić information content (AvgIpc) is 2.98. The highest BCUT2D eigenvalue weighted by Crippen LogP contribution is 2.35. The van der Waals surface area contributed by atoms with E-state index in [1.54, 1.807) is 16.1 Å². The molecule has 0 radical (unpaired) electrons. The van der Waals surface area contributed by atoms with Gasteiger partial charge in [-0.25, -0.2) is 9.67 Å². The summed E-state index contributed by atoms with van der Waals surface area (Å²) in [6.07, 6.45) is 3.43. The fourth-order valence-corrected chi connectivity index (χ4v) is 5.34. The van der Waals surface area contributed by atoms with Crippen LogP contribution in [0.3, 0.4) is 0 Å². The number of aromatic nitrogens is 3. The van der Waals surface area contributed by atoms with Gasteiger partial charge in [0.2, 0.25) is 0 Å². The minimum atomic E-state index is -3.53. The minimum Gasteiger partial charge on any atom is -0.377 e. The predicted molar refractivity (Wildman–Crippen MR) is 98.5 cm³/mol. The summed E-state index contributed by atoms with van der Waals surface area (Å²) in [7, 11) is -1.93. The van der Waals surface area contributed by atoms with E-state index in [1.165, 1.54) is 0 Å². The number of hydrogen-bond acceptors (Lipinski definition) is 5. The molecule has 0 aromatic carbocycles. The fraction of sp³-hybridized carbons (Fsp3) is 0.882. The summed E-state index contributed by atoms with van der Waals surface area (Å²) in [6.45, 7) is 8.93. The molecule has 8 nitrogen and oxygen atoms in total. The molecule has 0 aliphatic carbocycles. The SMILES string of the molecule is COCc1nc2n(n1)CCC[C@H]2NS(=O)(=O)N1CCC(C(C)(C)C)CC1. The zero-order valence-corrected chi connectivity index (χ0v) is 17.0. The van der Waals surface area contributed by atoms with Gasteiger partial charge in [0.1, 0.15) is 12.4 Å². The smallest absolute Gasteiger partial charge is 0.280 e. The average molecular weight is 386 g/mol. The van der Waals surface area contributed by atoms with E-state index in [1.807, 2.05) is 0 Å². The van der Waals surface area contributed by atoms with Crippen LogP contribution in [-0.4, -0.2) is 47.7 Å². The summed E-state index contributed by atoms with van der Waals surface area (Å²) in [5, 5.41) is 4.40. The van der Waals surface area contributed by atoms with Gasteiger partial charge in [-0.2, -0.15) is 22.5 Å². The molecule has 148 valence electrons. The first-order valence-electron chi connectivity index (χ1n) is 9.40. The molecule has 3 rings (SSSR count). The van der Waals surface area contributed by atoms with E-state index >= 15 is 0 Å². The number of ether oxygens (including phenoxy) is 1. The van der Waals surface area contributed by atoms with Crippen molar-refractivity contribution in [2.24, 2.45) is 11.3 Å². The van der Waals surface area contributed by atoms with Crippen molar-refractivity contribution < 1.29 is 13.2 Å². The number of aryl methyl sites for hydroxylation is 1. The maximum absolute atomic E-state index is 12.9. The second-order valence-corrected chi connectivity index (χ2v) is 10.1. The highest BCUT2D eigenvalue weighted by atomic mass is 32.2. The summed E-state index contributed by atoms with van der Waals surface area (Å²) in [5.74, 6) is 1.85. The van der Waals surface area contributed by atoms with Gasteiger partial charge in [-0.3, -0.25) is 0 Å². The van der Waals surface area contributed by atoms with Gasteiger partial charge in [0.15, 0.2) is 5.82 Å². The van der Waals surface area contributed by atoms with E-state index < -0.39 is 10.2 Å². The maximum Gasteiger partial charge on any atom is 0.280 e. The van der Waals surface area contributed by atoms with Gasteiger partial charge in [0.25, 0.3) is 10.2 Å². The first-order chi connectivity index (χ1) is 12.2. The zero-order chi connectivity index (χ0) is 18.9. The lowest BCUT2D eigenvalue weighted by Gasteiger charge is -2.38. The van der Waals surface area contributed by atoms with Crippen LogP contribution in [0.2, 0.25) is 0 Å². The van der Waals surface area contributed by atoms with Gasteiger partial charge in [0, 0.05) is 26.7 Å². The van der Waals surface area contributed by atoms with Crippen molar-refractivity contribution in [1.82, 2.24) is 23.8 Å². The Hall–Kier alpha value is -1.03. The normalized spacial score (nSPS) is 23.2. The molecule has 0 amide bonds. The first-order valence-corrected chi connectivity index (χ1v) is 10.8. The second-order valence-electron chi connectivity index (χ2n) is 8.40. The zero-order valence-electron chi connectivity index (χ0n) is 16.2. The Kier molecular flexibility index (Phi) is 5.72. The summed E-state index contributed by atoms with van der Waals surface area (Å²) >= 11 is 0. The van der Waals surface area contributed by atoms with Gasteiger partial charge in [-0.1, -0.05) is 20.8 Å². The topological polar surface area (TPSA) is 89.3 Å². The largest absolute Gasteiger partial charge is 0.377 e. The highest BCUT2D eigenvalue weighted by molar-refractivity contribution is 7.87. The lowest BCUT2D eigenvalue weighted by Crippen LogP contribution is -2.48. The van der Waals surface area contributed by atoms with Gasteiger partial charge in [-0.15, -0.1) is 0 Å². The number of methoxy groups -OCH3 is 1. The first kappa shape index (κ1) is 19.7. The van der Waals surface area contributed by atoms with Gasteiger partial charge >= 0.3 is 0 Å². The number of nitrogens with zero attached hydrogens (tertiary/aromatic N) is 4. The molecule has 1 atom stereocenters. The van der Waals surface area contributed by atoms with E-state index in [9.17, 15) is 8.42 Å². The van der Waals surface area contributed by atoms with Crippen LogP contribution < -0.4 is 4.72 Å². The molecule has 0 bridgehead atoms. The van der Waals surface area contributed by atoms with E-state index in [0.29, 0.717) is 37.3 Å². The highest BCUT2D eigenvalue weighted by Gasteiger charge is 2.35. The molecular formula is C17H31N5O3S. The fourth-order valence-electron chi connectivity index (χ4n) is 3.92. The lowest BCUT2D eigenvalue weighted by atomic mass is 9.76. The summed E-state index contributed by atoms with van der Waals surface area (Å²) in [5.41, 5.74) is 0.223. The molecule has 9 heteroatoms. The van der Waals surface area contributed by atoms with Crippen molar-refractivity contribution in [3.8, 4) is 0 Å². The molecule has 1 aromatic heterocycles. The van der Waals surface area contributed by atoms with Crippen molar-refractivity contribution in [2.75, 3.05) is 20.2 Å². The van der Waals surface area contributed by atoms with Crippen molar-refractivity contribution >= 4 is 10.2 Å². The summed E-state index contributed by atoms with van der Waals surface area (Å²) in [6, 6.07) is -0.327. The van der Waals surface area contributed by atoms with Crippen molar-refractivity contribution in [2.45, 2.75) is 65.6 Å². The minimum absolute atomic E-state index is 0.223. The Morgan fingerprint density at radius 3 is 2.50 bits per heavy atom. The predicted octanol–water partition coefficient (Wildman–Crippen LogP) is 1.85. The Bertz CT molecular complexity index is 717. The number of rotatable bonds is 5. The molecule has 2 aliphatic heterocycles. The Morgan fingerprint density at radius 1 is 1.19 bits per heavy atom. The third kappa shape index (κ3) is 4.27. The quantitative estimate of drug-likeness (QED) is 0.835. The van der Waals surface area contributed by atoms with Crippen LogP contribution >= 0.6 is 0 Å². The number of hydrogen-bond donors (Lipinski definition) is 1. The molecule has 0 unspecified atom stereocenters. The number of nitrogens with one attached hydrogen (secondary N) is 1. The molecular weight excluding hydrogens is 354 g/mol. The molecule has 3 heterocycles. The molecule has 0 saturated carbocycles. The van der Waals surface area contributed by atoms with Crippen LogP contribution in [0.5, 0.6) is 0 Å². The standard InChI is InChI=1S/C17H31N5O3S/c1-17(2,3)13-7-10-21(11-8-13)26(23,24)20-14-6-5-9-22-16(14)18-15(19-22)12-25-4/h13-14,20H,5-12H2,1-4H3/t14-/m1/s1. The monoisotopic (exact) mass is 385 g/mol. The molecule has 2 aliphatic rings. The van der Waals surface area contributed by atoms with Crippen LogP contribution in [0.25, 0.3) is 0 Å². The van der Waals surface area contributed by atoms with E-state index in [0.717, 1.165) is 32.2 Å². The van der Waals surface area contributed by atoms with E-state index in [2.05, 4.69) is 35.6 Å². The molecule has 26 heavy (non-hydrogen) atoms. The van der Waals surface area contributed by atoms with Crippen LogP contribution in [0.15, 0.2) is 0 Å². The van der Waals surface area contributed by atoms with Crippen molar-refractivity contribution in [1.29, 1.82) is 0 Å². The van der Waals surface area contributed by atoms with E-state index in [4.69, 9.17) is 4.74 Å². The van der Waals surface area contributed by atoms with Gasteiger partial charge < -0.3 is 4.74 Å². The summed E-state index contributed by atoms with van der Waals surface area (Å²) in [4.78, 5) is 4.48. The van der Waals surface area contributed by atoms with Crippen LogP contribution in [0.4, 0.5) is 0 Å². The second kappa shape index (κ2) is 7.53. The molecule has 0 spiro atoms. The van der Waals surface area contributed by atoms with Crippen molar-refractivity contribution in [3.63, 3.8) is 0 Å². The Morgan fingerprint density at radius 2 is 1.88 bits per heavy atom. The lowest BCUT2D eigenvalue weighted by molar-refractivity contribution is 0.153. The van der Waals surface area contributed by atoms with Crippen molar-refractivity contribution in [3.05, 3.63) is 11.6 Å². The Balaban J connectivity index is 1.68. The molecule has 1 fully saturated rings. The Labute approximate surface area is 156 Å². The molecule has 1 saturated heterocycles. The van der Waals surface area contributed by atoms with Gasteiger partial charge in [0.05, 0.1) is 6.04 Å². The maximum atomic E-state index is 12.9. The summed E-state index contributed by atoms with van der Waals surface area (Å²) < 4.78 is 37.1. The number of piperidine rings is 1. The van der Waals surface area contributed by atoms with Crippen LogP contribution in [0, 0.1) is 11.3 Å². The van der Waals surface area contributed by atoms with E-state index in [-0.39, 0.29) is 11.5 Å². The molecule has 1 N–H and O–H groups in total. The van der Waals surface area contributed by atoms with Gasteiger partial charge in [-0.05, 0) is 37.0 Å².